The zero-order valence-electron chi connectivity index (χ0n) is 12.4. The molecule has 0 atom stereocenters. The van der Waals surface area contributed by atoms with Crippen LogP contribution in [0.5, 0.6) is 0 Å². The molecule has 3 aromatic rings. The van der Waals surface area contributed by atoms with Gasteiger partial charge in [0, 0.05) is 27.3 Å². The van der Waals surface area contributed by atoms with Crippen molar-refractivity contribution in [2.45, 2.75) is 18.2 Å². The van der Waals surface area contributed by atoms with Crippen molar-refractivity contribution in [1.29, 1.82) is 0 Å². The van der Waals surface area contributed by atoms with Gasteiger partial charge in [-0.15, -0.1) is 0 Å². The van der Waals surface area contributed by atoms with Gasteiger partial charge in [0.25, 0.3) is 0 Å². The van der Waals surface area contributed by atoms with Crippen LogP contribution in [0.3, 0.4) is 0 Å². The molecule has 0 unspecified atom stereocenters. The number of fused-ring (bicyclic) bond motifs is 1. The number of hydrogen-bond acceptors (Lipinski definition) is 2. The summed E-state index contributed by atoms with van der Waals surface area (Å²) in [4.78, 5) is 3.64. The van der Waals surface area contributed by atoms with Crippen molar-refractivity contribution in [3.8, 4) is 0 Å². The number of aryl methyl sites for hydroxylation is 1. The van der Waals surface area contributed by atoms with E-state index in [1.807, 2.05) is 25.1 Å². The summed E-state index contributed by atoms with van der Waals surface area (Å²) in [7, 11) is -3.19. The van der Waals surface area contributed by atoms with Gasteiger partial charge in [-0.2, -0.15) is 0 Å². The lowest BCUT2D eigenvalue weighted by Crippen LogP contribution is -1.96. The molecule has 0 aliphatic carbocycles. The Morgan fingerprint density at radius 3 is 2.41 bits per heavy atom. The maximum atomic E-state index is 11.7. The van der Waals surface area contributed by atoms with E-state index in [4.69, 9.17) is 0 Å². The summed E-state index contributed by atoms with van der Waals surface area (Å²) in [6.07, 6.45) is 2.05. The molecule has 1 heterocycles. The second-order valence-corrected chi connectivity index (χ2v) is 8.44. The third-order valence-electron chi connectivity index (χ3n) is 3.81. The summed E-state index contributed by atoms with van der Waals surface area (Å²) in [5.74, 6) is 0. The van der Waals surface area contributed by atoms with E-state index in [0.717, 1.165) is 27.5 Å². The monoisotopic (exact) mass is 377 g/mol. The summed E-state index contributed by atoms with van der Waals surface area (Å²) in [5, 5.41) is 1.08. The van der Waals surface area contributed by atoms with Gasteiger partial charge in [-0.1, -0.05) is 34.1 Å². The third kappa shape index (κ3) is 2.96. The summed E-state index contributed by atoms with van der Waals surface area (Å²) in [6, 6.07) is 13.5. The lowest BCUT2D eigenvalue weighted by Gasteiger charge is -2.03. The molecule has 0 fully saturated rings. The number of aromatic amines is 1. The largest absolute Gasteiger partial charge is 0.358 e. The van der Waals surface area contributed by atoms with Crippen LogP contribution >= 0.6 is 15.9 Å². The minimum Gasteiger partial charge on any atom is -0.358 e. The first-order valence-corrected chi connectivity index (χ1v) is 9.59. The fourth-order valence-corrected chi connectivity index (χ4v) is 3.55. The van der Waals surface area contributed by atoms with Crippen LogP contribution in [-0.2, 0) is 16.3 Å². The number of nitrogens with one attached hydrogen (secondary N) is 1. The molecule has 0 aliphatic heterocycles. The molecule has 0 saturated heterocycles. The molecule has 1 N–H and O–H groups in total. The van der Waals surface area contributed by atoms with Gasteiger partial charge < -0.3 is 4.98 Å². The van der Waals surface area contributed by atoms with Crippen molar-refractivity contribution >= 4 is 36.7 Å². The molecular weight excluding hydrogens is 362 g/mol. The number of H-pyrrole nitrogens is 1. The predicted molar refractivity (Wildman–Crippen MR) is 93.1 cm³/mol. The van der Waals surface area contributed by atoms with Crippen molar-refractivity contribution in [1.82, 2.24) is 4.98 Å². The first-order valence-electron chi connectivity index (χ1n) is 6.90. The van der Waals surface area contributed by atoms with Crippen LogP contribution in [0.15, 0.2) is 51.8 Å². The van der Waals surface area contributed by atoms with Gasteiger partial charge in [-0.25, -0.2) is 8.42 Å². The van der Waals surface area contributed by atoms with Crippen molar-refractivity contribution < 1.29 is 8.42 Å². The van der Waals surface area contributed by atoms with E-state index in [2.05, 4.69) is 33.0 Å². The van der Waals surface area contributed by atoms with Crippen LogP contribution in [0.25, 0.3) is 10.9 Å². The van der Waals surface area contributed by atoms with Gasteiger partial charge in [0.15, 0.2) is 9.84 Å². The Balaban J connectivity index is 2.06. The fraction of sp³-hybridized carbons (Fsp3) is 0.176. The normalized spacial score (nSPS) is 12.0. The highest BCUT2D eigenvalue weighted by atomic mass is 79.9. The summed E-state index contributed by atoms with van der Waals surface area (Å²) < 4.78 is 24.4. The second-order valence-electron chi connectivity index (χ2n) is 5.51. The number of hydrogen-bond donors (Lipinski definition) is 1. The van der Waals surface area contributed by atoms with Crippen LogP contribution in [-0.4, -0.2) is 19.7 Å². The molecule has 2 aromatic carbocycles. The maximum absolute atomic E-state index is 11.7. The average molecular weight is 378 g/mol. The minimum absolute atomic E-state index is 0.344. The standard InChI is InChI=1S/C17H16BrNO2S/c1-11-16(9-12-3-5-13(18)6-4-12)15-8-7-14(22(2,20)21)10-17(15)19-11/h3-8,10,19H,9H2,1-2H3. The van der Waals surface area contributed by atoms with Crippen molar-refractivity contribution in [3.63, 3.8) is 0 Å². The van der Waals surface area contributed by atoms with E-state index in [0.29, 0.717) is 4.90 Å². The molecule has 0 saturated carbocycles. The first kappa shape index (κ1) is 15.3. The molecule has 0 spiro atoms. The Hall–Kier alpha value is -1.59. The Bertz CT molecular complexity index is 941. The number of halogens is 1. The molecular formula is C17H16BrNO2S. The van der Waals surface area contributed by atoms with E-state index in [1.165, 1.54) is 17.4 Å². The average Bonchev–Trinajstić information content (AvgIpc) is 2.76. The SMILES string of the molecule is Cc1[nH]c2cc(S(C)(=O)=O)ccc2c1Cc1ccc(Br)cc1. The van der Waals surface area contributed by atoms with Crippen molar-refractivity contribution in [2.24, 2.45) is 0 Å². The predicted octanol–water partition coefficient (Wildman–Crippen LogP) is 4.23. The third-order valence-corrected chi connectivity index (χ3v) is 5.45. The van der Waals surface area contributed by atoms with E-state index in [9.17, 15) is 8.42 Å². The zero-order chi connectivity index (χ0) is 15.9. The topological polar surface area (TPSA) is 49.9 Å². The Morgan fingerprint density at radius 1 is 1.09 bits per heavy atom. The lowest BCUT2D eigenvalue weighted by molar-refractivity contribution is 0.602. The zero-order valence-corrected chi connectivity index (χ0v) is 14.8. The van der Waals surface area contributed by atoms with Crippen molar-refractivity contribution in [3.05, 3.63) is 63.8 Å². The molecule has 0 bridgehead atoms. The number of sulfone groups is 1. The molecule has 0 aliphatic rings. The van der Waals surface area contributed by atoms with Gasteiger partial charge in [-0.05, 0) is 48.7 Å². The summed E-state index contributed by atoms with van der Waals surface area (Å²) in [6.45, 7) is 2.02. The van der Waals surface area contributed by atoms with E-state index >= 15 is 0 Å². The van der Waals surface area contributed by atoms with Crippen molar-refractivity contribution in [2.75, 3.05) is 6.26 Å². The van der Waals surface area contributed by atoms with Crippen LogP contribution in [0.1, 0.15) is 16.8 Å². The van der Waals surface area contributed by atoms with Gasteiger partial charge in [0.05, 0.1) is 4.90 Å². The lowest BCUT2D eigenvalue weighted by atomic mass is 10.0. The molecule has 3 nitrogen and oxygen atoms in total. The summed E-state index contributed by atoms with van der Waals surface area (Å²) >= 11 is 3.44. The molecule has 3 rings (SSSR count). The highest BCUT2D eigenvalue weighted by Gasteiger charge is 2.13. The molecule has 1 aromatic heterocycles. The smallest absolute Gasteiger partial charge is 0.175 e. The molecule has 5 heteroatoms. The Morgan fingerprint density at radius 2 is 1.77 bits per heavy atom. The quantitative estimate of drug-likeness (QED) is 0.742. The highest BCUT2D eigenvalue weighted by Crippen LogP contribution is 2.27. The molecule has 0 amide bonds. The van der Waals surface area contributed by atoms with Crippen LogP contribution in [0.4, 0.5) is 0 Å². The summed E-state index contributed by atoms with van der Waals surface area (Å²) in [5.41, 5.74) is 4.37. The van der Waals surface area contributed by atoms with Crippen LogP contribution in [0.2, 0.25) is 0 Å². The first-order chi connectivity index (χ1) is 10.3. The van der Waals surface area contributed by atoms with Crippen LogP contribution in [0, 0.1) is 6.92 Å². The van der Waals surface area contributed by atoms with Gasteiger partial charge >= 0.3 is 0 Å². The number of rotatable bonds is 3. The maximum Gasteiger partial charge on any atom is 0.175 e. The fourth-order valence-electron chi connectivity index (χ4n) is 2.63. The van der Waals surface area contributed by atoms with Gasteiger partial charge in [0.1, 0.15) is 0 Å². The molecule has 114 valence electrons. The van der Waals surface area contributed by atoms with E-state index in [-0.39, 0.29) is 0 Å². The van der Waals surface area contributed by atoms with E-state index in [1.54, 1.807) is 12.1 Å². The second kappa shape index (κ2) is 5.56. The Kier molecular flexibility index (Phi) is 3.87. The van der Waals surface area contributed by atoms with Crippen LogP contribution < -0.4 is 0 Å². The number of benzene rings is 2. The number of aromatic nitrogens is 1. The minimum atomic E-state index is -3.19. The Labute approximate surface area is 138 Å². The molecule has 22 heavy (non-hydrogen) atoms. The van der Waals surface area contributed by atoms with Gasteiger partial charge in [0.2, 0.25) is 0 Å². The van der Waals surface area contributed by atoms with E-state index < -0.39 is 9.84 Å². The van der Waals surface area contributed by atoms with Gasteiger partial charge in [-0.3, -0.25) is 0 Å². The highest BCUT2D eigenvalue weighted by molar-refractivity contribution is 9.10. The molecule has 0 radical (unpaired) electrons.